The summed E-state index contributed by atoms with van der Waals surface area (Å²) in [6.45, 7) is 1.96. The molecule has 0 unspecified atom stereocenters. The van der Waals surface area contributed by atoms with E-state index >= 15 is 0 Å². The zero-order valence-electron chi connectivity index (χ0n) is 13.2. The molecule has 0 spiro atoms. The fourth-order valence-corrected chi connectivity index (χ4v) is 3.05. The second-order valence-corrected chi connectivity index (χ2v) is 6.02. The second-order valence-electron chi connectivity index (χ2n) is 6.02. The van der Waals surface area contributed by atoms with Crippen molar-refractivity contribution in [2.24, 2.45) is 0 Å². The van der Waals surface area contributed by atoms with Gasteiger partial charge in [0.05, 0.1) is 12.6 Å². The molecule has 2 aromatic carbocycles. The van der Waals surface area contributed by atoms with Crippen LogP contribution in [0.1, 0.15) is 40.6 Å². The number of fused-ring (bicyclic) bond motifs is 1. The van der Waals surface area contributed by atoms with Gasteiger partial charge < -0.3 is 10.4 Å². The van der Waals surface area contributed by atoms with Gasteiger partial charge in [0.1, 0.15) is 0 Å². The molecule has 23 heavy (non-hydrogen) atoms. The van der Waals surface area contributed by atoms with Crippen LogP contribution in [-0.2, 0) is 4.79 Å². The minimum Gasteiger partial charge on any atom is -0.394 e. The summed E-state index contributed by atoms with van der Waals surface area (Å²) in [4.78, 5) is 12.4. The van der Waals surface area contributed by atoms with Crippen LogP contribution in [0.5, 0.6) is 0 Å². The van der Waals surface area contributed by atoms with Crippen molar-refractivity contribution in [2.75, 3.05) is 6.61 Å². The Bertz CT molecular complexity index is 722. The number of rotatable bonds is 5. The highest BCUT2D eigenvalue weighted by Gasteiger charge is 2.22. The maximum absolute atomic E-state index is 12.4. The van der Waals surface area contributed by atoms with Crippen molar-refractivity contribution in [3.63, 3.8) is 0 Å². The number of aliphatic hydroxyl groups is 1. The number of amides is 1. The number of carbonyl (C=O) groups excluding carboxylic acids is 1. The van der Waals surface area contributed by atoms with Gasteiger partial charge in [0.25, 0.3) is 0 Å². The molecule has 2 atom stereocenters. The lowest BCUT2D eigenvalue weighted by atomic mass is 9.96. The number of carbonyl (C=O) groups is 1. The van der Waals surface area contributed by atoms with Gasteiger partial charge in [-0.25, -0.2) is 0 Å². The first kappa shape index (κ1) is 15.5. The average molecular weight is 307 g/mol. The molecule has 2 N–H and O–H groups in total. The Balaban J connectivity index is 1.66. The third kappa shape index (κ3) is 3.51. The van der Waals surface area contributed by atoms with Crippen molar-refractivity contribution < 1.29 is 9.90 Å². The van der Waals surface area contributed by atoms with E-state index in [1.165, 1.54) is 16.7 Å². The predicted molar refractivity (Wildman–Crippen MR) is 92.0 cm³/mol. The van der Waals surface area contributed by atoms with E-state index in [9.17, 15) is 9.90 Å². The monoisotopic (exact) mass is 307 g/mol. The molecular weight excluding hydrogens is 286 g/mol. The van der Waals surface area contributed by atoms with Gasteiger partial charge in [-0.1, -0.05) is 66.2 Å². The molecule has 3 rings (SSSR count). The summed E-state index contributed by atoms with van der Waals surface area (Å²) >= 11 is 0. The van der Waals surface area contributed by atoms with E-state index in [2.05, 4.69) is 42.6 Å². The van der Waals surface area contributed by atoms with Crippen LogP contribution in [0.2, 0.25) is 0 Å². The summed E-state index contributed by atoms with van der Waals surface area (Å²) < 4.78 is 0. The number of nitrogens with one attached hydrogen (secondary N) is 1. The van der Waals surface area contributed by atoms with E-state index in [4.69, 9.17) is 0 Å². The van der Waals surface area contributed by atoms with Crippen molar-refractivity contribution in [2.45, 2.75) is 25.3 Å². The maximum Gasteiger partial charge on any atom is 0.221 e. The third-order valence-corrected chi connectivity index (χ3v) is 4.27. The average Bonchev–Trinajstić information content (AvgIpc) is 2.95. The van der Waals surface area contributed by atoms with E-state index in [1.807, 2.05) is 30.3 Å². The van der Waals surface area contributed by atoms with Crippen molar-refractivity contribution in [3.8, 4) is 0 Å². The molecule has 0 saturated heterocycles. The lowest BCUT2D eigenvalue weighted by Crippen LogP contribution is -2.31. The van der Waals surface area contributed by atoms with Gasteiger partial charge in [0.2, 0.25) is 5.91 Å². The van der Waals surface area contributed by atoms with Gasteiger partial charge in [-0.2, -0.15) is 0 Å². The molecule has 0 heterocycles. The molecule has 0 bridgehead atoms. The number of aliphatic hydroxyl groups excluding tert-OH is 1. The summed E-state index contributed by atoms with van der Waals surface area (Å²) in [6, 6.07) is 15.5. The fourth-order valence-electron chi connectivity index (χ4n) is 3.05. The Morgan fingerprint density at radius 1 is 1.22 bits per heavy atom. The van der Waals surface area contributed by atoms with E-state index < -0.39 is 0 Å². The molecule has 0 aromatic heterocycles. The topological polar surface area (TPSA) is 49.3 Å². The van der Waals surface area contributed by atoms with Crippen molar-refractivity contribution >= 4 is 12.0 Å². The summed E-state index contributed by atoms with van der Waals surface area (Å²) in [5, 5.41) is 12.5. The summed E-state index contributed by atoms with van der Waals surface area (Å²) in [7, 11) is 0. The highest BCUT2D eigenvalue weighted by Crippen LogP contribution is 2.33. The molecule has 3 heteroatoms. The molecule has 0 aliphatic heterocycles. The minimum atomic E-state index is -0.355. The maximum atomic E-state index is 12.4. The van der Waals surface area contributed by atoms with Crippen molar-refractivity contribution in [3.05, 3.63) is 76.9 Å². The van der Waals surface area contributed by atoms with E-state index in [1.54, 1.807) is 0 Å². The number of aryl methyl sites for hydroxylation is 1. The predicted octanol–water partition coefficient (Wildman–Crippen LogP) is 3.35. The van der Waals surface area contributed by atoms with Gasteiger partial charge in [0, 0.05) is 12.3 Å². The highest BCUT2D eigenvalue weighted by molar-refractivity contribution is 5.79. The van der Waals surface area contributed by atoms with Crippen LogP contribution in [-0.4, -0.2) is 17.6 Å². The molecule has 118 valence electrons. The van der Waals surface area contributed by atoms with Crippen molar-refractivity contribution in [1.29, 1.82) is 0 Å². The van der Waals surface area contributed by atoms with Gasteiger partial charge in [0.15, 0.2) is 0 Å². The highest BCUT2D eigenvalue weighted by atomic mass is 16.3. The fraction of sp³-hybridized carbons (Fsp3) is 0.250. The molecule has 0 fully saturated rings. The first-order valence-corrected chi connectivity index (χ1v) is 7.91. The van der Waals surface area contributed by atoms with Gasteiger partial charge >= 0.3 is 0 Å². The van der Waals surface area contributed by atoms with Crippen LogP contribution >= 0.6 is 0 Å². The SMILES string of the molecule is Cc1ccc2c(c1)C=C[C@@H]2CC(=O)N[C@@H](CO)c1ccccc1. The zero-order chi connectivity index (χ0) is 16.2. The molecule has 1 amide bonds. The van der Waals surface area contributed by atoms with Crippen molar-refractivity contribution in [1.82, 2.24) is 5.32 Å². The van der Waals surface area contributed by atoms with E-state index in [0.29, 0.717) is 6.42 Å². The number of hydrogen-bond acceptors (Lipinski definition) is 2. The van der Waals surface area contributed by atoms with Gasteiger partial charge in [-0.3, -0.25) is 4.79 Å². The first-order valence-electron chi connectivity index (χ1n) is 7.91. The van der Waals surface area contributed by atoms with Gasteiger partial charge in [-0.15, -0.1) is 0 Å². The molecule has 0 saturated carbocycles. The van der Waals surface area contributed by atoms with Crippen LogP contribution in [0.3, 0.4) is 0 Å². The van der Waals surface area contributed by atoms with E-state index in [-0.39, 0.29) is 24.5 Å². The molecule has 1 aliphatic rings. The molecule has 2 aromatic rings. The summed E-state index contributed by atoms with van der Waals surface area (Å²) in [5.41, 5.74) is 4.54. The first-order chi connectivity index (χ1) is 11.2. The number of benzene rings is 2. The zero-order valence-corrected chi connectivity index (χ0v) is 13.2. The second kappa shape index (κ2) is 6.80. The van der Waals surface area contributed by atoms with Crippen LogP contribution in [0.25, 0.3) is 6.08 Å². The molecule has 1 aliphatic carbocycles. The lowest BCUT2D eigenvalue weighted by Gasteiger charge is -2.18. The van der Waals surface area contributed by atoms with E-state index in [0.717, 1.165) is 5.56 Å². The normalized spacial score (nSPS) is 16.9. The smallest absolute Gasteiger partial charge is 0.221 e. The Kier molecular flexibility index (Phi) is 4.58. The van der Waals surface area contributed by atoms with Gasteiger partial charge in [-0.05, 0) is 23.6 Å². The Morgan fingerprint density at radius 3 is 2.74 bits per heavy atom. The molecule has 3 nitrogen and oxygen atoms in total. The van der Waals surface area contributed by atoms with Crippen LogP contribution in [0.4, 0.5) is 0 Å². The summed E-state index contributed by atoms with van der Waals surface area (Å²) in [6.07, 6.45) is 4.57. The minimum absolute atomic E-state index is 0.0454. The number of allylic oxidation sites excluding steroid dienone is 1. The molecule has 0 radical (unpaired) electrons. The lowest BCUT2D eigenvalue weighted by molar-refractivity contribution is -0.122. The number of hydrogen-bond donors (Lipinski definition) is 2. The standard InChI is InChI=1S/C20H21NO2/c1-14-7-10-18-16(11-14)8-9-17(18)12-20(23)21-19(13-22)15-5-3-2-4-6-15/h2-11,17,19,22H,12-13H2,1H3,(H,21,23)/t17-,19+/m1/s1. The quantitative estimate of drug-likeness (QED) is 0.890. The van der Waals surface area contributed by atoms with Crippen LogP contribution in [0, 0.1) is 6.92 Å². The Labute approximate surface area is 136 Å². The molecular formula is C20H21NO2. The van der Waals surface area contributed by atoms with Crippen LogP contribution in [0.15, 0.2) is 54.6 Å². The Morgan fingerprint density at radius 2 is 2.00 bits per heavy atom. The third-order valence-electron chi connectivity index (χ3n) is 4.27. The Hall–Kier alpha value is -2.39. The summed E-state index contributed by atoms with van der Waals surface area (Å²) in [5.74, 6) is 0.0664. The largest absolute Gasteiger partial charge is 0.394 e. The van der Waals surface area contributed by atoms with Crippen LogP contribution < -0.4 is 5.32 Å².